The minimum atomic E-state index is -1.19. The molecule has 0 heterocycles. The molecule has 0 aliphatic carbocycles. The van der Waals surface area contributed by atoms with E-state index >= 15 is 0 Å². The van der Waals surface area contributed by atoms with Crippen LogP contribution in [0.15, 0.2) is 12.1 Å². The lowest BCUT2D eigenvalue weighted by Crippen LogP contribution is -2.51. The Morgan fingerprint density at radius 3 is 2.44 bits per heavy atom. The van der Waals surface area contributed by atoms with Gasteiger partial charge in [-0.05, 0) is 51.3 Å². The third-order valence-corrected chi connectivity index (χ3v) is 4.86. The van der Waals surface area contributed by atoms with Crippen LogP contribution < -0.4 is 5.73 Å². The molecule has 0 bridgehead atoms. The highest BCUT2D eigenvalue weighted by molar-refractivity contribution is 7.80. The van der Waals surface area contributed by atoms with Crippen molar-refractivity contribution in [2.24, 2.45) is 5.73 Å². The lowest BCUT2D eigenvalue weighted by Gasteiger charge is -2.33. The van der Waals surface area contributed by atoms with E-state index < -0.39 is 23.8 Å². The molecule has 25 heavy (non-hydrogen) atoms. The van der Waals surface area contributed by atoms with Gasteiger partial charge in [-0.1, -0.05) is 41.5 Å². The summed E-state index contributed by atoms with van der Waals surface area (Å²) >= 11 is 17.1. The van der Waals surface area contributed by atoms with Gasteiger partial charge in [-0.25, -0.2) is 4.79 Å². The summed E-state index contributed by atoms with van der Waals surface area (Å²) in [7, 11) is 1.53. The fourth-order valence-corrected chi connectivity index (χ4v) is 2.80. The van der Waals surface area contributed by atoms with E-state index in [0.717, 1.165) is 11.1 Å². The highest BCUT2D eigenvalue weighted by Crippen LogP contribution is 2.29. The zero-order chi connectivity index (χ0) is 19.5. The molecule has 1 unspecified atom stereocenters. The molecular formula is C17H24Cl2N2O3S. The maximum absolute atomic E-state index is 12.4. The average Bonchev–Trinajstić information content (AvgIpc) is 2.49. The van der Waals surface area contributed by atoms with E-state index in [1.165, 1.54) is 11.9 Å². The average molecular weight is 407 g/mol. The van der Waals surface area contributed by atoms with Gasteiger partial charge in [0.25, 0.3) is 0 Å². The monoisotopic (exact) mass is 406 g/mol. The van der Waals surface area contributed by atoms with Gasteiger partial charge in [0.05, 0.1) is 16.1 Å². The van der Waals surface area contributed by atoms with Crippen molar-refractivity contribution in [2.75, 3.05) is 7.05 Å². The number of rotatable bonds is 5. The molecule has 8 heteroatoms. The predicted molar refractivity (Wildman–Crippen MR) is 105 cm³/mol. The normalized spacial score (nSPS) is 13.9. The zero-order valence-corrected chi connectivity index (χ0v) is 17.3. The predicted octanol–water partition coefficient (Wildman–Crippen LogP) is 3.73. The van der Waals surface area contributed by atoms with Gasteiger partial charge in [0, 0.05) is 7.05 Å². The number of aliphatic hydroxyl groups excluding tert-OH is 1. The molecule has 5 nitrogen and oxygen atoms in total. The first kappa shape index (κ1) is 22.0. The number of hydrogen-bond donors (Lipinski definition) is 2. The molecule has 0 aliphatic heterocycles. The molecule has 1 rings (SSSR count). The minimum Gasteiger partial charge on any atom is -0.444 e. The number of aliphatic hydroxyl groups is 1. The number of hydrogen-bond acceptors (Lipinski definition) is 4. The summed E-state index contributed by atoms with van der Waals surface area (Å²) in [5.41, 5.74) is 6.53. The highest BCUT2D eigenvalue weighted by Gasteiger charge is 2.32. The number of ether oxygens (including phenoxy) is 1. The number of likely N-dealkylation sites (N-methyl/N-ethyl adjacent to an activating group) is 1. The van der Waals surface area contributed by atoms with E-state index in [1.807, 2.05) is 6.92 Å². The van der Waals surface area contributed by atoms with Crippen molar-refractivity contribution in [2.45, 2.75) is 51.9 Å². The van der Waals surface area contributed by atoms with Crippen LogP contribution in [0.2, 0.25) is 10.0 Å². The molecule has 2 atom stereocenters. The summed E-state index contributed by atoms with van der Waals surface area (Å²) in [4.78, 5) is 13.6. The van der Waals surface area contributed by atoms with Gasteiger partial charge >= 0.3 is 6.09 Å². The smallest absolute Gasteiger partial charge is 0.410 e. The molecule has 0 radical (unpaired) electrons. The Hall–Kier alpha value is -1.08. The summed E-state index contributed by atoms with van der Waals surface area (Å²) in [6.07, 6.45) is -1.48. The van der Waals surface area contributed by atoms with Crippen molar-refractivity contribution in [3.05, 3.63) is 33.3 Å². The highest BCUT2D eigenvalue weighted by atomic mass is 35.5. The van der Waals surface area contributed by atoms with E-state index in [2.05, 4.69) is 0 Å². The summed E-state index contributed by atoms with van der Waals surface area (Å²) in [6, 6.07) is 2.76. The maximum Gasteiger partial charge on any atom is 0.410 e. The molecule has 0 spiro atoms. The second-order valence-corrected chi connectivity index (χ2v) is 8.11. The first-order valence-electron chi connectivity index (χ1n) is 7.71. The second kappa shape index (κ2) is 8.54. The summed E-state index contributed by atoms with van der Waals surface area (Å²) in [5, 5.41) is 11.3. The minimum absolute atomic E-state index is 0.0990. The van der Waals surface area contributed by atoms with Gasteiger partial charge in [0.1, 0.15) is 16.7 Å². The van der Waals surface area contributed by atoms with Crippen molar-refractivity contribution in [3.63, 3.8) is 0 Å². The van der Waals surface area contributed by atoms with E-state index in [-0.39, 0.29) is 11.4 Å². The Balaban J connectivity index is 3.16. The van der Waals surface area contributed by atoms with Crippen LogP contribution in [0.4, 0.5) is 4.79 Å². The Morgan fingerprint density at radius 2 is 1.96 bits per heavy atom. The lowest BCUT2D eigenvalue weighted by atomic mass is 9.96. The first-order chi connectivity index (χ1) is 11.3. The van der Waals surface area contributed by atoms with Crippen LogP contribution in [0.5, 0.6) is 0 Å². The number of halogens is 2. The number of benzene rings is 1. The number of thiocarbonyl (C=S) groups is 1. The second-order valence-electron chi connectivity index (χ2n) is 6.86. The Labute approximate surface area is 164 Å². The first-order valence-corrected chi connectivity index (χ1v) is 8.88. The molecule has 0 saturated heterocycles. The standard InChI is InChI=1S/C17H24Cl2N2O3S/c1-9-10(6-7-11(18)13(9)19)8-12(14(22)15(20)25)21(5)16(23)24-17(2,3)4/h6-7,12,14,22H,8H2,1-5H3,(H2,20,25)/t12-,14?/m0/s1. The molecule has 1 aromatic rings. The quantitative estimate of drug-likeness (QED) is 0.728. The van der Waals surface area contributed by atoms with Crippen LogP contribution in [0.1, 0.15) is 31.9 Å². The van der Waals surface area contributed by atoms with E-state index in [4.69, 9.17) is 45.9 Å². The van der Waals surface area contributed by atoms with Crippen LogP contribution in [0, 0.1) is 6.92 Å². The topological polar surface area (TPSA) is 75.8 Å². The molecule has 0 saturated carbocycles. The maximum atomic E-state index is 12.4. The van der Waals surface area contributed by atoms with Crippen molar-refractivity contribution in [1.82, 2.24) is 4.90 Å². The van der Waals surface area contributed by atoms with Crippen LogP contribution in [-0.4, -0.2) is 45.9 Å². The fourth-order valence-electron chi connectivity index (χ4n) is 2.26. The zero-order valence-electron chi connectivity index (χ0n) is 15.0. The van der Waals surface area contributed by atoms with Crippen LogP contribution in [-0.2, 0) is 11.2 Å². The van der Waals surface area contributed by atoms with Crippen LogP contribution in [0.25, 0.3) is 0 Å². The van der Waals surface area contributed by atoms with Crippen LogP contribution >= 0.6 is 35.4 Å². The Bertz CT molecular complexity index is 662. The molecule has 0 aliphatic rings. The molecule has 1 amide bonds. The van der Waals surface area contributed by atoms with Crippen molar-refractivity contribution >= 4 is 46.5 Å². The molecule has 0 fully saturated rings. The third kappa shape index (κ3) is 5.99. The Morgan fingerprint density at radius 1 is 1.40 bits per heavy atom. The van der Waals surface area contributed by atoms with Crippen molar-refractivity contribution in [1.29, 1.82) is 0 Å². The van der Waals surface area contributed by atoms with Crippen molar-refractivity contribution < 1.29 is 14.6 Å². The molecule has 3 N–H and O–H groups in total. The lowest BCUT2D eigenvalue weighted by molar-refractivity contribution is 0.0114. The number of carbonyl (C=O) groups excluding carboxylic acids is 1. The molecule has 140 valence electrons. The van der Waals surface area contributed by atoms with Gasteiger partial charge in [0.15, 0.2) is 0 Å². The fraction of sp³-hybridized carbons (Fsp3) is 0.529. The van der Waals surface area contributed by atoms with Gasteiger partial charge in [0.2, 0.25) is 0 Å². The SMILES string of the molecule is Cc1c(C[C@@H](C(O)C(N)=S)N(C)C(=O)OC(C)(C)C)ccc(Cl)c1Cl. The Kier molecular flexibility index (Phi) is 7.50. The van der Waals surface area contributed by atoms with Gasteiger partial charge in [-0.3, -0.25) is 0 Å². The van der Waals surface area contributed by atoms with Crippen molar-refractivity contribution in [3.8, 4) is 0 Å². The number of nitrogens with two attached hydrogens (primary N) is 1. The molecule has 1 aromatic carbocycles. The van der Waals surface area contributed by atoms with Crippen LogP contribution in [0.3, 0.4) is 0 Å². The summed E-state index contributed by atoms with van der Waals surface area (Å²) < 4.78 is 5.37. The largest absolute Gasteiger partial charge is 0.444 e. The van der Waals surface area contributed by atoms with Gasteiger partial charge in [-0.15, -0.1) is 0 Å². The number of amides is 1. The van der Waals surface area contributed by atoms with E-state index in [1.54, 1.807) is 32.9 Å². The van der Waals surface area contributed by atoms with Gasteiger partial charge in [-0.2, -0.15) is 0 Å². The summed E-state index contributed by atoms with van der Waals surface area (Å²) in [5.74, 6) is 0. The van der Waals surface area contributed by atoms with E-state index in [0.29, 0.717) is 10.0 Å². The van der Waals surface area contributed by atoms with Gasteiger partial charge < -0.3 is 20.5 Å². The third-order valence-electron chi connectivity index (χ3n) is 3.72. The number of nitrogens with zero attached hydrogens (tertiary/aromatic N) is 1. The van der Waals surface area contributed by atoms with E-state index in [9.17, 15) is 9.90 Å². The molecule has 0 aromatic heterocycles. The number of carbonyl (C=O) groups is 1. The summed E-state index contributed by atoms with van der Waals surface area (Å²) in [6.45, 7) is 7.11. The molecular weight excluding hydrogens is 383 g/mol.